The first-order chi connectivity index (χ1) is 18.4. The summed E-state index contributed by atoms with van der Waals surface area (Å²) < 4.78 is 6.14. The smallest absolute Gasteiger partial charge is 0.236 e. The standard InChI is InChI=1S/C34H34N3S/c1-21(2)25-15-12-16-26(22(3)4)31(25)37-29-18-11-10-17-28(29)36(6)34(37)30-23(5)19-20-27-32(30)38-33(35-27)24-13-8-7-9-14-24/h7-22H,1-6H3/q+1. The summed E-state index contributed by atoms with van der Waals surface area (Å²) in [5.41, 5.74) is 11.2. The molecule has 2 heterocycles. The van der Waals surface area contributed by atoms with E-state index in [-0.39, 0.29) is 0 Å². The molecule has 0 fully saturated rings. The minimum absolute atomic E-state index is 0.396. The van der Waals surface area contributed by atoms with Gasteiger partial charge in [0.05, 0.1) is 22.8 Å². The van der Waals surface area contributed by atoms with E-state index in [2.05, 4.69) is 136 Å². The van der Waals surface area contributed by atoms with Crippen LogP contribution < -0.4 is 4.57 Å². The van der Waals surface area contributed by atoms with Crippen molar-refractivity contribution in [3.05, 3.63) is 102 Å². The Hall–Kier alpha value is -3.76. The molecule has 0 bridgehead atoms. The van der Waals surface area contributed by atoms with Gasteiger partial charge >= 0.3 is 0 Å². The van der Waals surface area contributed by atoms with Gasteiger partial charge < -0.3 is 0 Å². The fourth-order valence-electron chi connectivity index (χ4n) is 5.66. The minimum Gasteiger partial charge on any atom is -0.236 e. The van der Waals surface area contributed by atoms with Crippen LogP contribution in [0, 0.1) is 6.92 Å². The second kappa shape index (κ2) is 9.52. The Morgan fingerprint density at radius 1 is 0.763 bits per heavy atom. The molecular weight excluding hydrogens is 482 g/mol. The predicted molar refractivity (Wildman–Crippen MR) is 161 cm³/mol. The van der Waals surface area contributed by atoms with Crippen molar-refractivity contribution in [1.82, 2.24) is 9.55 Å². The Morgan fingerprint density at radius 3 is 2.11 bits per heavy atom. The van der Waals surface area contributed by atoms with Gasteiger partial charge in [-0.1, -0.05) is 94.4 Å². The van der Waals surface area contributed by atoms with Crippen molar-refractivity contribution < 1.29 is 4.57 Å². The van der Waals surface area contributed by atoms with Gasteiger partial charge in [0.15, 0.2) is 11.0 Å². The molecule has 0 amide bonds. The third-order valence-corrected chi connectivity index (χ3v) is 8.73. The summed E-state index contributed by atoms with van der Waals surface area (Å²) in [6.07, 6.45) is 0. The number of hydrogen-bond acceptors (Lipinski definition) is 2. The van der Waals surface area contributed by atoms with Gasteiger partial charge in [-0.15, -0.1) is 11.3 Å². The number of thiazole rings is 1. The summed E-state index contributed by atoms with van der Waals surface area (Å²) in [4.78, 5) is 5.09. The fourth-order valence-corrected chi connectivity index (χ4v) is 6.83. The lowest BCUT2D eigenvalue weighted by Crippen LogP contribution is -2.30. The normalized spacial score (nSPS) is 11.9. The highest BCUT2D eigenvalue weighted by molar-refractivity contribution is 7.22. The van der Waals surface area contributed by atoms with Crippen molar-refractivity contribution in [2.75, 3.05) is 0 Å². The molecule has 0 aliphatic heterocycles. The van der Waals surface area contributed by atoms with Crippen molar-refractivity contribution >= 4 is 32.6 Å². The van der Waals surface area contributed by atoms with E-state index >= 15 is 0 Å². The largest absolute Gasteiger partial charge is 0.296 e. The second-order valence-corrected chi connectivity index (χ2v) is 11.8. The zero-order valence-electron chi connectivity index (χ0n) is 23.0. The molecule has 2 aromatic heterocycles. The molecule has 0 aliphatic rings. The number of rotatable bonds is 5. The van der Waals surface area contributed by atoms with Crippen molar-refractivity contribution in [2.45, 2.75) is 46.5 Å². The maximum atomic E-state index is 5.09. The number of para-hydroxylation sites is 3. The monoisotopic (exact) mass is 516 g/mol. The highest BCUT2D eigenvalue weighted by Gasteiger charge is 2.32. The molecule has 0 spiro atoms. The predicted octanol–water partition coefficient (Wildman–Crippen LogP) is 8.95. The minimum atomic E-state index is 0.396. The van der Waals surface area contributed by atoms with E-state index in [1.165, 1.54) is 49.5 Å². The molecule has 0 radical (unpaired) electrons. The average Bonchev–Trinajstić information content (AvgIpc) is 3.48. The van der Waals surface area contributed by atoms with Crippen LogP contribution in [-0.4, -0.2) is 9.55 Å². The van der Waals surface area contributed by atoms with Crippen LogP contribution in [0.5, 0.6) is 0 Å². The van der Waals surface area contributed by atoms with E-state index in [0.29, 0.717) is 11.8 Å². The third kappa shape index (κ3) is 3.86. The van der Waals surface area contributed by atoms with E-state index in [0.717, 1.165) is 16.1 Å². The van der Waals surface area contributed by atoms with Crippen molar-refractivity contribution in [3.8, 4) is 27.6 Å². The molecule has 4 aromatic carbocycles. The molecule has 0 atom stereocenters. The molecule has 0 saturated carbocycles. The number of imidazole rings is 1. The van der Waals surface area contributed by atoms with Gasteiger partial charge in [0.25, 0.3) is 5.82 Å². The molecule has 6 rings (SSSR count). The van der Waals surface area contributed by atoms with Crippen molar-refractivity contribution in [3.63, 3.8) is 0 Å². The number of hydrogen-bond donors (Lipinski definition) is 0. The lowest BCUT2D eigenvalue weighted by atomic mass is 9.92. The first kappa shape index (κ1) is 24.6. The van der Waals surface area contributed by atoms with E-state index < -0.39 is 0 Å². The van der Waals surface area contributed by atoms with Gasteiger partial charge in [0.1, 0.15) is 10.7 Å². The van der Waals surface area contributed by atoms with E-state index in [4.69, 9.17) is 4.98 Å². The molecule has 4 heteroatoms. The highest BCUT2D eigenvalue weighted by atomic mass is 32.1. The van der Waals surface area contributed by atoms with Crippen molar-refractivity contribution in [1.29, 1.82) is 0 Å². The van der Waals surface area contributed by atoms with Gasteiger partial charge in [-0.2, -0.15) is 4.57 Å². The van der Waals surface area contributed by atoms with Crippen LogP contribution in [0.4, 0.5) is 0 Å². The number of aryl methyl sites for hydroxylation is 2. The quantitative estimate of drug-likeness (QED) is 0.210. The van der Waals surface area contributed by atoms with Crippen LogP contribution in [0.15, 0.2) is 84.9 Å². The Kier molecular flexibility index (Phi) is 6.16. The van der Waals surface area contributed by atoms with Crippen LogP contribution >= 0.6 is 11.3 Å². The second-order valence-electron chi connectivity index (χ2n) is 10.8. The zero-order valence-corrected chi connectivity index (χ0v) is 23.8. The summed E-state index contributed by atoms with van der Waals surface area (Å²) in [5, 5.41) is 1.06. The first-order valence-corrected chi connectivity index (χ1v) is 14.3. The van der Waals surface area contributed by atoms with Crippen LogP contribution in [0.1, 0.15) is 56.2 Å². The van der Waals surface area contributed by atoms with Crippen LogP contribution in [-0.2, 0) is 7.05 Å². The van der Waals surface area contributed by atoms with Gasteiger partial charge in [0, 0.05) is 16.7 Å². The molecule has 3 nitrogen and oxygen atoms in total. The summed E-state index contributed by atoms with van der Waals surface area (Å²) in [5.74, 6) is 1.99. The van der Waals surface area contributed by atoms with Gasteiger partial charge in [-0.05, 0) is 42.5 Å². The molecule has 6 aromatic rings. The average molecular weight is 517 g/mol. The van der Waals surface area contributed by atoms with Gasteiger partial charge in [0.2, 0.25) is 0 Å². The molecule has 0 saturated heterocycles. The number of fused-ring (bicyclic) bond motifs is 2. The number of benzene rings is 4. The van der Waals surface area contributed by atoms with Gasteiger partial charge in [-0.3, -0.25) is 0 Å². The molecular formula is C34H34N3S+. The molecule has 0 unspecified atom stereocenters. The van der Waals surface area contributed by atoms with Crippen molar-refractivity contribution in [2.24, 2.45) is 7.05 Å². The summed E-state index contributed by atoms with van der Waals surface area (Å²) in [6, 6.07) is 30.5. The number of aromatic nitrogens is 3. The summed E-state index contributed by atoms with van der Waals surface area (Å²) in [6.45, 7) is 11.4. The van der Waals surface area contributed by atoms with E-state index in [1.807, 2.05) is 0 Å². The Bertz CT molecular complexity index is 1760. The molecule has 38 heavy (non-hydrogen) atoms. The first-order valence-electron chi connectivity index (χ1n) is 13.5. The summed E-state index contributed by atoms with van der Waals surface area (Å²) >= 11 is 1.79. The Morgan fingerprint density at radius 2 is 1.42 bits per heavy atom. The SMILES string of the molecule is Cc1ccc2nc(-c3ccccc3)sc2c1-c1n(-c2c(C(C)C)cccc2C(C)C)c2ccccc2[n+]1C. The molecule has 0 N–H and O–H groups in total. The molecule has 0 aliphatic carbocycles. The van der Waals surface area contributed by atoms with E-state index in [9.17, 15) is 0 Å². The van der Waals surface area contributed by atoms with Crippen LogP contribution in [0.3, 0.4) is 0 Å². The topological polar surface area (TPSA) is 21.7 Å². The lowest BCUT2D eigenvalue weighted by Gasteiger charge is -2.18. The summed E-state index contributed by atoms with van der Waals surface area (Å²) in [7, 11) is 2.21. The maximum absolute atomic E-state index is 5.09. The van der Waals surface area contributed by atoms with Gasteiger partial charge in [-0.25, -0.2) is 9.55 Å². The van der Waals surface area contributed by atoms with Crippen LogP contribution in [0.2, 0.25) is 0 Å². The molecule has 190 valence electrons. The Balaban J connectivity index is 1.76. The van der Waals surface area contributed by atoms with Crippen LogP contribution in [0.25, 0.3) is 48.9 Å². The zero-order chi connectivity index (χ0) is 26.6. The van der Waals surface area contributed by atoms with E-state index in [1.54, 1.807) is 11.3 Å². The lowest BCUT2D eigenvalue weighted by molar-refractivity contribution is -0.633. The third-order valence-electron chi connectivity index (χ3n) is 7.59. The number of nitrogens with zero attached hydrogens (tertiary/aromatic N) is 3. The Labute approximate surface area is 229 Å². The maximum Gasteiger partial charge on any atom is 0.296 e. The highest BCUT2D eigenvalue weighted by Crippen LogP contribution is 2.42. The fraction of sp³-hybridized carbons (Fsp3) is 0.235.